The highest BCUT2D eigenvalue weighted by Gasteiger charge is 2.28. The number of nitrogens with one attached hydrogen (secondary N) is 1. The zero-order valence-electron chi connectivity index (χ0n) is 26.1. The van der Waals surface area contributed by atoms with Gasteiger partial charge in [-0.25, -0.2) is 19.1 Å². The molecule has 0 spiro atoms. The first-order valence-electron chi connectivity index (χ1n) is 14.9. The second kappa shape index (κ2) is 11.7. The van der Waals surface area contributed by atoms with Crippen molar-refractivity contribution >= 4 is 39.7 Å². The van der Waals surface area contributed by atoms with Gasteiger partial charge in [0.05, 0.1) is 17.8 Å². The molecule has 1 saturated heterocycles. The largest absolute Gasteiger partial charge is 0.474 e. The molecule has 1 N–H and O–H groups in total. The number of aromatic nitrogens is 7. The van der Waals surface area contributed by atoms with Gasteiger partial charge in [0.2, 0.25) is 11.8 Å². The van der Waals surface area contributed by atoms with Crippen LogP contribution in [0.1, 0.15) is 39.3 Å². The van der Waals surface area contributed by atoms with Crippen molar-refractivity contribution in [3.8, 4) is 11.7 Å². The van der Waals surface area contributed by atoms with Crippen LogP contribution in [-0.2, 0) is 18.3 Å². The molecule has 13 nitrogen and oxygen atoms in total. The number of likely N-dealkylation sites (tertiary alicyclic amines) is 1. The zero-order valence-corrected chi connectivity index (χ0v) is 26.1. The zero-order chi connectivity index (χ0) is 31.9. The molecule has 13 heteroatoms. The van der Waals surface area contributed by atoms with E-state index in [0.717, 1.165) is 22.3 Å². The number of amides is 1. The highest BCUT2D eigenvalue weighted by molar-refractivity contribution is 5.86. The third kappa shape index (κ3) is 6.10. The van der Waals surface area contributed by atoms with Gasteiger partial charge in [-0.2, -0.15) is 15.1 Å². The fraction of sp³-hybridized carbons (Fsp3) is 0.375. The third-order valence-corrected chi connectivity index (χ3v) is 7.58. The Bertz CT molecular complexity index is 1960. The predicted molar refractivity (Wildman–Crippen MR) is 171 cm³/mol. The molecule has 1 aliphatic heterocycles. The molecule has 0 bridgehead atoms. The number of ether oxygens (including phenoxy) is 2. The van der Waals surface area contributed by atoms with E-state index in [4.69, 9.17) is 19.4 Å². The maximum Gasteiger partial charge on any atom is 0.410 e. The number of allylic oxidation sites excluding steroid dienone is 1. The molecule has 0 radical (unpaired) electrons. The number of rotatable bonds is 7. The van der Waals surface area contributed by atoms with Gasteiger partial charge in [0.15, 0.2) is 11.5 Å². The summed E-state index contributed by atoms with van der Waals surface area (Å²) < 4.78 is 16.8. The molecule has 0 saturated carbocycles. The van der Waals surface area contributed by atoms with Crippen molar-refractivity contribution in [2.24, 2.45) is 7.05 Å². The number of fused-ring (bicyclic) bond motifs is 2. The molecular formula is C32H37N9O4. The second-order valence-corrected chi connectivity index (χ2v) is 12.1. The summed E-state index contributed by atoms with van der Waals surface area (Å²) in [6, 6.07) is 11.3. The van der Waals surface area contributed by atoms with Crippen LogP contribution in [0.2, 0.25) is 0 Å². The van der Waals surface area contributed by atoms with Crippen LogP contribution in [0.25, 0.3) is 27.8 Å². The lowest BCUT2D eigenvalue weighted by Gasteiger charge is -2.33. The van der Waals surface area contributed by atoms with E-state index < -0.39 is 5.60 Å². The van der Waals surface area contributed by atoms with Crippen molar-refractivity contribution < 1.29 is 14.3 Å². The van der Waals surface area contributed by atoms with Crippen molar-refractivity contribution in [3.05, 3.63) is 71.3 Å². The van der Waals surface area contributed by atoms with E-state index in [0.29, 0.717) is 54.6 Å². The number of hydrogen-bond acceptors (Lipinski definition) is 9. The van der Waals surface area contributed by atoms with Crippen LogP contribution in [0.15, 0.2) is 60.0 Å². The Morgan fingerprint density at radius 3 is 2.64 bits per heavy atom. The molecule has 6 rings (SSSR count). The minimum absolute atomic E-state index is 0.123. The number of piperidine rings is 1. The molecule has 5 aromatic rings. The Morgan fingerprint density at radius 2 is 1.91 bits per heavy atom. The molecule has 0 unspecified atom stereocenters. The standard InChI is InChI=1S/C32H37N9O4/c1-7-15-40-29(42)24-19-33-30(34-21-11-12-25-23(18-21)20(2)37-38(25)6)36-28(24)41(40)26-9-8-10-27(35-26)44-22-13-16-39(17-14-22)31(43)45-32(3,4)5/h7-12,18-19,22H,1,13-17H2,2-6H3,(H,33,34,36). The van der Waals surface area contributed by atoms with Crippen LogP contribution in [-0.4, -0.2) is 69.9 Å². The van der Waals surface area contributed by atoms with Gasteiger partial charge in [-0.05, 0) is 52.0 Å². The number of pyridine rings is 1. The molecular weight excluding hydrogens is 574 g/mol. The molecule has 1 fully saturated rings. The number of nitrogens with zero attached hydrogens (tertiary/aromatic N) is 8. The number of carbonyl (C=O) groups is 1. The van der Waals surface area contributed by atoms with Gasteiger partial charge in [0.1, 0.15) is 17.1 Å². The van der Waals surface area contributed by atoms with Crippen LogP contribution in [0.5, 0.6) is 5.88 Å². The lowest BCUT2D eigenvalue weighted by Crippen LogP contribution is -2.44. The Labute approximate surface area is 260 Å². The lowest BCUT2D eigenvalue weighted by atomic mass is 10.1. The molecule has 1 aromatic carbocycles. The minimum atomic E-state index is -0.543. The Morgan fingerprint density at radius 1 is 1.13 bits per heavy atom. The van der Waals surface area contributed by atoms with Crippen LogP contribution in [0.4, 0.5) is 16.4 Å². The topological polar surface area (TPSA) is 134 Å². The van der Waals surface area contributed by atoms with Gasteiger partial charge in [-0.15, -0.1) is 6.58 Å². The molecule has 45 heavy (non-hydrogen) atoms. The number of hydrogen-bond donors (Lipinski definition) is 1. The molecule has 0 atom stereocenters. The Hall–Kier alpha value is -5.20. The van der Waals surface area contributed by atoms with Crippen molar-refractivity contribution in [1.29, 1.82) is 0 Å². The fourth-order valence-electron chi connectivity index (χ4n) is 5.50. The quantitative estimate of drug-likeness (QED) is 0.256. The average molecular weight is 612 g/mol. The SMILES string of the molecule is C=CCn1c(=O)c2cnc(Nc3ccc4c(c3)c(C)nn4C)nc2n1-c1cccc(OC2CCN(C(=O)OC(C)(C)C)CC2)n1. The van der Waals surface area contributed by atoms with E-state index in [1.54, 1.807) is 27.8 Å². The van der Waals surface area contributed by atoms with Gasteiger partial charge >= 0.3 is 6.09 Å². The van der Waals surface area contributed by atoms with Crippen LogP contribution in [0, 0.1) is 6.92 Å². The first-order chi connectivity index (χ1) is 21.5. The van der Waals surface area contributed by atoms with Crippen LogP contribution in [0.3, 0.4) is 0 Å². The summed E-state index contributed by atoms with van der Waals surface area (Å²) in [6.07, 6.45) is 4.02. The summed E-state index contributed by atoms with van der Waals surface area (Å²) in [5.74, 6) is 1.21. The normalized spacial score (nSPS) is 14.2. The summed E-state index contributed by atoms with van der Waals surface area (Å²) in [7, 11) is 1.91. The van der Waals surface area contributed by atoms with Gasteiger partial charge in [-0.3, -0.25) is 9.48 Å². The van der Waals surface area contributed by atoms with E-state index in [-0.39, 0.29) is 24.3 Å². The van der Waals surface area contributed by atoms with E-state index in [1.165, 1.54) is 10.9 Å². The highest BCUT2D eigenvalue weighted by Crippen LogP contribution is 2.25. The molecule has 1 aliphatic rings. The van der Waals surface area contributed by atoms with Gasteiger partial charge in [0.25, 0.3) is 5.56 Å². The maximum absolute atomic E-state index is 13.4. The van der Waals surface area contributed by atoms with Gasteiger partial charge in [-0.1, -0.05) is 12.1 Å². The van der Waals surface area contributed by atoms with Gasteiger partial charge < -0.3 is 19.7 Å². The summed E-state index contributed by atoms with van der Waals surface area (Å²) in [5, 5.41) is 9.13. The Balaban J connectivity index is 1.27. The summed E-state index contributed by atoms with van der Waals surface area (Å²) in [5.41, 5.74) is 2.33. The first-order valence-corrected chi connectivity index (χ1v) is 14.9. The van der Waals surface area contributed by atoms with Crippen molar-refractivity contribution in [2.75, 3.05) is 18.4 Å². The molecule has 5 heterocycles. The number of carbonyl (C=O) groups excluding carboxylic acids is 1. The molecule has 234 valence electrons. The highest BCUT2D eigenvalue weighted by atomic mass is 16.6. The van der Waals surface area contributed by atoms with Crippen molar-refractivity contribution in [3.63, 3.8) is 0 Å². The molecule has 4 aromatic heterocycles. The minimum Gasteiger partial charge on any atom is -0.474 e. The van der Waals surface area contributed by atoms with Gasteiger partial charge in [0, 0.05) is 56.3 Å². The average Bonchev–Trinajstić information content (AvgIpc) is 3.43. The summed E-state index contributed by atoms with van der Waals surface area (Å²) >= 11 is 0. The molecule has 0 aliphatic carbocycles. The first kappa shape index (κ1) is 29.9. The smallest absolute Gasteiger partial charge is 0.410 e. The second-order valence-electron chi connectivity index (χ2n) is 12.1. The van der Waals surface area contributed by atoms with E-state index in [2.05, 4.69) is 22.0 Å². The fourth-order valence-corrected chi connectivity index (χ4v) is 5.50. The number of anilines is 2. The number of benzene rings is 1. The van der Waals surface area contributed by atoms with Crippen LogP contribution < -0.4 is 15.6 Å². The summed E-state index contributed by atoms with van der Waals surface area (Å²) in [6.45, 7) is 12.7. The van der Waals surface area contributed by atoms with Crippen LogP contribution >= 0.6 is 0 Å². The van der Waals surface area contributed by atoms with Crippen molar-refractivity contribution in [1.82, 2.24) is 39.0 Å². The Kier molecular flexibility index (Phi) is 7.77. The van der Waals surface area contributed by atoms with Crippen molar-refractivity contribution in [2.45, 2.75) is 58.8 Å². The van der Waals surface area contributed by atoms with E-state index in [1.807, 2.05) is 63.7 Å². The predicted octanol–water partition coefficient (Wildman–Crippen LogP) is 4.88. The number of aryl methyl sites for hydroxylation is 2. The van der Waals surface area contributed by atoms with E-state index in [9.17, 15) is 9.59 Å². The monoisotopic (exact) mass is 611 g/mol. The molecule has 1 amide bonds. The van der Waals surface area contributed by atoms with E-state index >= 15 is 0 Å². The lowest BCUT2D eigenvalue weighted by molar-refractivity contribution is 0.0123. The summed E-state index contributed by atoms with van der Waals surface area (Å²) in [4.78, 5) is 41.5. The third-order valence-electron chi connectivity index (χ3n) is 7.58. The maximum atomic E-state index is 13.4.